The van der Waals surface area contributed by atoms with E-state index in [4.69, 9.17) is 0 Å². The number of likely N-dealkylation sites (N-methyl/N-ethyl adjacent to an activating group) is 1. The van der Waals surface area contributed by atoms with Gasteiger partial charge in [0.2, 0.25) is 0 Å². The monoisotopic (exact) mass is 599 g/mol. The highest BCUT2D eigenvalue weighted by atomic mass is 16.1. The van der Waals surface area contributed by atoms with Crippen LogP contribution in [-0.2, 0) is 17.8 Å². The molecule has 0 radical (unpaired) electrons. The number of fused-ring (bicyclic) bond motifs is 1. The number of hydrogen-bond donors (Lipinski definition) is 3. The molecule has 5 rings (SSSR count). The fraction of sp³-hybridized carbons (Fsp3) is 0.474. The van der Waals surface area contributed by atoms with Crippen LogP contribution in [0.1, 0.15) is 95.6 Å². The molecule has 0 saturated heterocycles. The largest absolute Gasteiger partial charge is 0.366 e. The first-order chi connectivity index (χ1) is 21.3. The van der Waals surface area contributed by atoms with Crippen LogP contribution in [0.15, 0.2) is 77.1 Å². The maximum Gasteiger partial charge on any atom is 0.123 e. The normalized spacial score (nSPS) is 17.6. The van der Waals surface area contributed by atoms with Gasteiger partial charge in [-0.1, -0.05) is 77.5 Å². The van der Waals surface area contributed by atoms with Crippen molar-refractivity contribution in [3.8, 4) is 0 Å². The Morgan fingerprint density at radius 3 is 2.50 bits per heavy atom. The topological polar surface area (TPSA) is 68.8 Å². The van der Waals surface area contributed by atoms with Gasteiger partial charge in [0, 0.05) is 55.4 Å². The van der Waals surface area contributed by atoms with E-state index in [-0.39, 0.29) is 6.17 Å². The van der Waals surface area contributed by atoms with E-state index in [1.54, 1.807) is 0 Å². The van der Waals surface area contributed by atoms with Crippen molar-refractivity contribution in [2.24, 2.45) is 10.9 Å². The maximum absolute atomic E-state index is 9.17. The Hall–Kier alpha value is -3.64. The zero-order valence-electron chi connectivity index (χ0n) is 28.6. The Bertz CT molecular complexity index is 1290. The molecule has 1 aliphatic carbocycles. The Labute approximate surface area is 267 Å². The lowest BCUT2D eigenvalue weighted by atomic mass is 9.97. The molecule has 2 unspecified atom stereocenters. The number of carbonyl (C=O) groups excluding carboxylic acids is 1. The lowest BCUT2D eigenvalue weighted by Gasteiger charge is -2.27. The smallest absolute Gasteiger partial charge is 0.123 e. The number of aryl methyl sites for hydroxylation is 1. The molecular formula is C38H57N5O. The molecule has 3 aliphatic rings. The number of hydrogen-bond acceptors (Lipinski definition) is 6. The second kappa shape index (κ2) is 19.6. The molecule has 3 N–H and O–H groups in total. The molecular weight excluding hydrogens is 542 g/mol. The van der Waals surface area contributed by atoms with Crippen LogP contribution in [0.4, 0.5) is 11.4 Å². The van der Waals surface area contributed by atoms with E-state index in [1.165, 1.54) is 46.4 Å². The van der Waals surface area contributed by atoms with E-state index >= 15 is 0 Å². The summed E-state index contributed by atoms with van der Waals surface area (Å²) in [4.78, 5) is 16.2. The van der Waals surface area contributed by atoms with Gasteiger partial charge in [-0.3, -0.25) is 4.99 Å². The molecule has 44 heavy (non-hydrogen) atoms. The summed E-state index contributed by atoms with van der Waals surface area (Å²) in [6.07, 6.45) is 12.5. The number of allylic oxidation sites excluding steroid dienone is 3. The molecule has 0 aromatic heterocycles. The molecule has 1 fully saturated rings. The number of aliphatic imine (C=N–C) groups is 1. The first-order valence-electron chi connectivity index (χ1n) is 16.5. The van der Waals surface area contributed by atoms with Crippen LogP contribution < -0.4 is 16.0 Å². The molecule has 0 bridgehead atoms. The Morgan fingerprint density at radius 2 is 1.89 bits per heavy atom. The van der Waals surface area contributed by atoms with Crippen molar-refractivity contribution < 1.29 is 4.79 Å². The summed E-state index contributed by atoms with van der Waals surface area (Å²) in [5.41, 5.74) is 11.3. The van der Waals surface area contributed by atoms with Crippen molar-refractivity contribution in [2.45, 2.75) is 93.3 Å². The molecule has 1 saturated carbocycles. The average Bonchev–Trinajstić information content (AvgIpc) is 3.68. The second-order valence-corrected chi connectivity index (χ2v) is 11.5. The van der Waals surface area contributed by atoms with Crippen LogP contribution in [0.3, 0.4) is 0 Å². The number of rotatable bonds is 9. The molecule has 6 nitrogen and oxygen atoms in total. The van der Waals surface area contributed by atoms with Crippen molar-refractivity contribution in [1.29, 1.82) is 0 Å². The van der Waals surface area contributed by atoms with E-state index in [0.29, 0.717) is 12.3 Å². The van der Waals surface area contributed by atoms with Crippen LogP contribution in [-0.4, -0.2) is 37.5 Å². The number of anilines is 2. The predicted octanol–water partition coefficient (Wildman–Crippen LogP) is 8.78. The van der Waals surface area contributed by atoms with Crippen molar-refractivity contribution in [3.63, 3.8) is 0 Å². The minimum atomic E-state index is 0.0352. The Morgan fingerprint density at radius 1 is 1.18 bits per heavy atom. The van der Waals surface area contributed by atoms with E-state index in [0.717, 1.165) is 55.7 Å². The first kappa shape index (κ1) is 36.6. The number of nitrogens with one attached hydrogen (secondary N) is 3. The molecule has 0 spiro atoms. The molecule has 6 heteroatoms. The van der Waals surface area contributed by atoms with Crippen LogP contribution in [0, 0.1) is 12.8 Å². The van der Waals surface area contributed by atoms with Gasteiger partial charge in [-0.25, -0.2) is 0 Å². The van der Waals surface area contributed by atoms with E-state index in [9.17, 15) is 4.79 Å². The van der Waals surface area contributed by atoms with Crippen LogP contribution in [0.2, 0.25) is 0 Å². The highest BCUT2D eigenvalue weighted by Gasteiger charge is 2.21. The van der Waals surface area contributed by atoms with Gasteiger partial charge >= 0.3 is 0 Å². The third kappa shape index (κ3) is 11.8. The summed E-state index contributed by atoms with van der Waals surface area (Å²) in [5, 5.41) is 10.9. The van der Waals surface area contributed by atoms with Crippen LogP contribution in [0.5, 0.6) is 0 Å². The number of aldehydes is 1. The van der Waals surface area contributed by atoms with Crippen molar-refractivity contribution in [1.82, 2.24) is 15.5 Å². The average molecular weight is 600 g/mol. The summed E-state index contributed by atoms with van der Waals surface area (Å²) in [7, 11) is 2.19. The Kier molecular flexibility index (Phi) is 16.3. The van der Waals surface area contributed by atoms with Gasteiger partial charge in [-0.15, -0.1) is 0 Å². The lowest BCUT2D eigenvalue weighted by Crippen LogP contribution is -2.27. The molecule has 2 aliphatic heterocycles. The second-order valence-electron chi connectivity index (χ2n) is 11.5. The quantitative estimate of drug-likeness (QED) is 0.153. The van der Waals surface area contributed by atoms with Crippen LogP contribution >= 0.6 is 0 Å². The van der Waals surface area contributed by atoms with Crippen molar-refractivity contribution in [3.05, 3.63) is 94.4 Å². The zero-order chi connectivity index (χ0) is 32.5. The molecule has 2 aromatic rings. The number of nitrogens with zero attached hydrogens (tertiary/aromatic N) is 2. The molecule has 2 aromatic carbocycles. The highest BCUT2D eigenvalue weighted by molar-refractivity contribution is 5.84. The molecule has 2 atom stereocenters. The van der Waals surface area contributed by atoms with Gasteiger partial charge in [-0.2, -0.15) is 0 Å². The summed E-state index contributed by atoms with van der Waals surface area (Å²) in [5.74, 6) is 0.611. The van der Waals surface area contributed by atoms with Gasteiger partial charge in [0.1, 0.15) is 12.5 Å². The zero-order valence-corrected chi connectivity index (χ0v) is 28.6. The fourth-order valence-corrected chi connectivity index (χ4v) is 4.64. The van der Waals surface area contributed by atoms with E-state index in [2.05, 4.69) is 116 Å². The minimum Gasteiger partial charge on any atom is -0.366 e. The third-order valence-corrected chi connectivity index (χ3v) is 7.76. The van der Waals surface area contributed by atoms with Crippen LogP contribution in [0.25, 0.3) is 0 Å². The fourth-order valence-electron chi connectivity index (χ4n) is 4.64. The summed E-state index contributed by atoms with van der Waals surface area (Å²) in [6, 6.07) is 13.3. The van der Waals surface area contributed by atoms with Gasteiger partial charge < -0.3 is 25.6 Å². The van der Waals surface area contributed by atoms with Gasteiger partial charge in [0.05, 0.1) is 5.70 Å². The summed E-state index contributed by atoms with van der Waals surface area (Å²) >= 11 is 0. The number of benzene rings is 2. The summed E-state index contributed by atoms with van der Waals surface area (Å²) in [6.45, 7) is 21.1. The van der Waals surface area contributed by atoms with E-state index in [1.807, 2.05) is 27.0 Å². The SMILES string of the molecule is C/C=C(\C=NCC(C)CC)C1=CNC(c2cc(Nc3cccc4c3CCN(C)C4)ccc2C)N1.C=C1CC1.CC.CCC=O. The van der Waals surface area contributed by atoms with E-state index < -0.39 is 0 Å². The maximum atomic E-state index is 9.17. The molecule has 0 amide bonds. The standard InChI is InChI=1S/C29H39N5.C4H6.C3H6O.C2H6/c1-6-20(3)16-30-17-22(7-2)28-18-31-29(33-28)26-15-24(12-11-21(26)4)32-27-10-8-9-23-19-34(5)14-13-25(23)27;1-4-2-3-4;1-2-3-4;1-2/h7-12,15,17-18,20,29,31-33H,6,13-14,16,19H2,1-5H3;1-3H2;3H,2H2,1H3;1-2H3/b22-7+,30-17?;;;. The van der Waals surface area contributed by atoms with Gasteiger partial charge in [0.15, 0.2) is 0 Å². The first-order valence-corrected chi connectivity index (χ1v) is 16.5. The van der Waals surface area contributed by atoms with Gasteiger partial charge in [-0.05, 0) is 86.5 Å². The van der Waals surface area contributed by atoms with Gasteiger partial charge in [0.25, 0.3) is 0 Å². The lowest BCUT2D eigenvalue weighted by molar-refractivity contribution is -0.107. The Balaban J connectivity index is 0.000000585. The minimum absolute atomic E-state index is 0.0352. The number of carbonyl (C=O) groups is 1. The molecule has 2 heterocycles. The van der Waals surface area contributed by atoms with Crippen molar-refractivity contribution >= 4 is 23.9 Å². The summed E-state index contributed by atoms with van der Waals surface area (Å²) < 4.78 is 0. The van der Waals surface area contributed by atoms with Crippen molar-refractivity contribution in [2.75, 3.05) is 25.5 Å². The highest BCUT2D eigenvalue weighted by Crippen LogP contribution is 2.31. The third-order valence-electron chi connectivity index (χ3n) is 7.76. The molecule has 240 valence electrons. The predicted molar refractivity (Wildman–Crippen MR) is 191 cm³/mol.